The highest BCUT2D eigenvalue weighted by molar-refractivity contribution is 5.91. The zero-order valence-corrected chi connectivity index (χ0v) is 12.2. The molecule has 0 spiro atoms. The molecule has 4 heteroatoms. The average Bonchev–Trinajstić information content (AvgIpc) is 2.38. The molecular formula is C15H24N2O2. The lowest BCUT2D eigenvalue weighted by molar-refractivity contribution is 0.222. The van der Waals surface area contributed by atoms with Crippen LogP contribution >= 0.6 is 0 Å². The number of aliphatic hydroxyl groups is 1. The molecule has 0 heterocycles. The number of para-hydroxylation sites is 1. The van der Waals surface area contributed by atoms with Crippen molar-refractivity contribution in [3.8, 4) is 0 Å². The van der Waals surface area contributed by atoms with E-state index in [1.807, 2.05) is 32.0 Å². The number of aryl methyl sites for hydroxylation is 1. The van der Waals surface area contributed by atoms with Crippen LogP contribution in [0.5, 0.6) is 0 Å². The van der Waals surface area contributed by atoms with Gasteiger partial charge in [-0.1, -0.05) is 39.0 Å². The van der Waals surface area contributed by atoms with Gasteiger partial charge in [0.1, 0.15) is 0 Å². The van der Waals surface area contributed by atoms with E-state index < -0.39 is 0 Å². The van der Waals surface area contributed by atoms with E-state index in [2.05, 4.69) is 24.5 Å². The van der Waals surface area contributed by atoms with Gasteiger partial charge >= 0.3 is 6.03 Å². The summed E-state index contributed by atoms with van der Waals surface area (Å²) in [5.74, 6) is 0.343. The Labute approximate surface area is 115 Å². The molecule has 1 atom stereocenters. The summed E-state index contributed by atoms with van der Waals surface area (Å²) in [6.07, 6.45) is 0.703. The van der Waals surface area contributed by atoms with Crippen LogP contribution in [0.3, 0.4) is 0 Å². The van der Waals surface area contributed by atoms with Crippen molar-refractivity contribution in [3.05, 3.63) is 29.3 Å². The maximum Gasteiger partial charge on any atom is 0.319 e. The largest absolute Gasteiger partial charge is 0.394 e. The number of hydrogen-bond donors (Lipinski definition) is 3. The molecule has 0 saturated heterocycles. The molecule has 1 unspecified atom stereocenters. The third kappa shape index (κ3) is 4.24. The van der Waals surface area contributed by atoms with E-state index in [9.17, 15) is 4.79 Å². The summed E-state index contributed by atoms with van der Waals surface area (Å²) in [5, 5.41) is 14.8. The number of nitrogens with one attached hydrogen (secondary N) is 2. The fourth-order valence-electron chi connectivity index (χ4n) is 1.95. The van der Waals surface area contributed by atoms with Crippen LogP contribution < -0.4 is 10.6 Å². The molecule has 19 heavy (non-hydrogen) atoms. The quantitative estimate of drug-likeness (QED) is 0.765. The van der Waals surface area contributed by atoms with Gasteiger partial charge in [-0.05, 0) is 30.4 Å². The number of carbonyl (C=O) groups excluding carboxylic acids is 1. The van der Waals surface area contributed by atoms with Gasteiger partial charge in [-0.15, -0.1) is 0 Å². The third-order valence-corrected chi connectivity index (χ3v) is 3.21. The van der Waals surface area contributed by atoms with Crippen molar-refractivity contribution in [3.63, 3.8) is 0 Å². The minimum Gasteiger partial charge on any atom is -0.394 e. The van der Waals surface area contributed by atoms with Gasteiger partial charge in [0.2, 0.25) is 0 Å². The minimum atomic E-state index is -0.267. The van der Waals surface area contributed by atoms with Gasteiger partial charge in [0, 0.05) is 5.69 Å². The van der Waals surface area contributed by atoms with Gasteiger partial charge in [-0.2, -0.15) is 0 Å². The van der Waals surface area contributed by atoms with Gasteiger partial charge in [0.05, 0.1) is 12.6 Å². The second kappa shape index (κ2) is 7.14. The Hall–Kier alpha value is -1.55. The fourth-order valence-corrected chi connectivity index (χ4v) is 1.95. The molecular weight excluding hydrogens is 240 g/mol. The Kier molecular flexibility index (Phi) is 5.83. The smallest absolute Gasteiger partial charge is 0.319 e. The monoisotopic (exact) mass is 264 g/mol. The zero-order chi connectivity index (χ0) is 14.4. The molecule has 106 valence electrons. The number of carbonyl (C=O) groups is 1. The first kappa shape index (κ1) is 15.5. The molecule has 3 N–H and O–H groups in total. The summed E-state index contributed by atoms with van der Waals surface area (Å²) < 4.78 is 0. The number of benzene rings is 1. The first-order valence-electron chi connectivity index (χ1n) is 6.77. The number of urea groups is 1. The van der Waals surface area contributed by atoms with E-state index in [0.29, 0.717) is 12.3 Å². The summed E-state index contributed by atoms with van der Waals surface area (Å²) in [7, 11) is 0. The molecule has 4 nitrogen and oxygen atoms in total. The Morgan fingerprint density at radius 3 is 2.58 bits per heavy atom. The molecule has 1 aromatic rings. The van der Waals surface area contributed by atoms with Crippen LogP contribution in [0.25, 0.3) is 0 Å². The topological polar surface area (TPSA) is 61.4 Å². The minimum absolute atomic E-state index is 0.0469. The van der Waals surface area contributed by atoms with E-state index >= 15 is 0 Å². The van der Waals surface area contributed by atoms with Crippen LogP contribution in [0.1, 0.15) is 44.2 Å². The Morgan fingerprint density at radius 2 is 2.05 bits per heavy atom. The lowest BCUT2D eigenvalue weighted by atomic mass is 9.98. The molecule has 0 aliphatic rings. The van der Waals surface area contributed by atoms with Crippen LogP contribution in [-0.4, -0.2) is 23.8 Å². The zero-order valence-electron chi connectivity index (χ0n) is 12.2. The lowest BCUT2D eigenvalue weighted by Gasteiger charge is -2.19. The highest BCUT2D eigenvalue weighted by atomic mass is 16.3. The number of rotatable bonds is 5. The molecule has 0 aliphatic heterocycles. The van der Waals surface area contributed by atoms with Gasteiger partial charge in [-0.3, -0.25) is 0 Å². The van der Waals surface area contributed by atoms with E-state index in [4.69, 9.17) is 5.11 Å². The van der Waals surface area contributed by atoms with E-state index in [1.54, 1.807) is 0 Å². The van der Waals surface area contributed by atoms with Crippen LogP contribution in [-0.2, 0) is 0 Å². The van der Waals surface area contributed by atoms with Crippen molar-refractivity contribution in [2.24, 2.45) is 0 Å². The highest BCUT2D eigenvalue weighted by Gasteiger charge is 2.14. The predicted molar refractivity (Wildman–Crippen MR) is 78.6 cm³/mol. The van der Waals surface area contributed by atoms with Crippen LogP contribution in [0, 0.1) is 6.92 Å². The number of amides is 2. The summed E-state index contributed by atoms with van der Waals surface area (Å²) in [6, 6.07) is 5.53. The van der Waals surface area contributed by atoms with Crippen LogP contribution in [0.2, 0.25) is 0 Å². The van der Waals surface area contributed by atoms with E-state index in [-0.39, 0.29) is 18.7 Å². The normalized spacial score (nSPS) is 12.3. The van der Waals surface area contributed by atoms with Gasteiger partial charge in [-0.25, -0.2) is 4.79 Å². The molecule has 1 aromatic carbocycles. The third-order valence-electron chi connectivity index (χ3n) is 3.21. The molecule has 0 aliphatic carbocycles. The predicted octanol–water partition coefficient (Wildman–Crippen LogP) is 3.01. The Morgan fingerprint density at radius 1 is 1.37 bits per heavy atom. The summed E-state index contributed by atoms with van der Waals surface area (Å²) in [4.78, 5) is 11.9. The number of anilines is 1. The first-order valence-corrected chi connectivity index (χ1v) is 6.77. The maximum absolute atomic E-state index is 11.9. The van der Waals surface area contributed by atoms with Crippen molar-refractivity contribution in [1.82, 2.24) is 5.32 Å². The number of aliphatic hydroxyl groups excluding tert-OH is 1. The van der Waals surface area contributed by atoms with Crippen molar-refractivity contribution < 1.29 is 9.90 Å². The van der Waals surface area contributed by atoms with Crippen LogP contribution in [0.4, 0.5) is 10.5 Å². The Bertz CT molecular complexity index is 426. The number of hydrogen-bond acceptors (Lipinski definition) is 2. The SMILES string of the molecule is CCC(CO)NC(=O)Nc1c(C)cccc1C(C)C. The standard InChI is InChI=1S/C15H24N2O2/c1-5-12(9-18)16-15(19)17-14-11(4)7-6-8-13(14)10(2)3/h6-8,10,12,18H,5,9H2,1-4H3,(H2,16,17,19). The van der Waals surface area contributed by atoms with E-state index in [0.717, 1.165) is 16.8 Å². The summed E-state index contributed by atoms with van der Waals surface area (Å²) >= 11 is 0. The summed E-state index contributed by atoms with van der Waals surface area (Å²) in [5.41, 5.74) is 3.02. The Balaban J connectivity index is 2.84. The highest BCUT2D eigenvalue weighted by Crippen LogP contribution is 2.27. The lowest BCUT2D eigenvalue weighted by Crippen LogP contribution is -2.40. The average molecular weight is 264 g/mol. The second-order valence-electron chi connectivity index (χ2n) is 5.08. The first-order chi connectivity index (χ1) is 8.99. The van der Waals surface area contributed by atoms with Crippen molar-refractivity contribution in [2.45, 2.75) is 46.1 Å². The molecule has 0 bridgehead atoms. The van der Waals surface area contributed by atoms with Crippen LogP contribution in [0.15, 0.2) is 18.2 Å². The molecule has 1 rings (SSSR count). The molecule has 0 saturated carbocycles. The van der Waals surface area contributed by atoms with Gasteiger partial charge < -0.3 is 15.7 Å². The molecule has 0 fully saturated rings. The maximum atomic E-state index is 11.9. The van der Waals surface area contributed by atoms with Gasteiger partial charge in [0.25, 0.3) is 0 Å². The van der Waals surface area contributed by atoms with Crippen molar-refractivity contribution in [1.29, 1.82) is 0 Å². The van der Waals surface area contributed by atoms with Crippen molar-refractivity contribution in [2.75, 3.05) is 11.9 Å². The molecule has 0 aromatic heterocycles. The molecule has 0 radical (unpaired) electrons. The second-order valence-corrected chi connectivity index (χ2v) is 5.08. The fraction of sp³-hybridized carbons (Fsp3) is 0.533. The van der Waals surface area contributed by atoms with Gasteiger partial charge in [0.15, 0.2) is 0 Å². The van der Waals surface area contributed by atoms with E-state index in [1.165, 1.54) is 0 Å². The van der Waals surface area contributed by atoms with Crippen molar-refractivity contribution >= 4 is 11.7 Å². The summed E-state index contributed by atoms with van der Waals surface area (Å²) in [6.45, 7) is 8.05. The molecule has 2 amide bonds.